The lowest BCUT2D eigenvalue weighted by atomic mass is 10.1. The SMILES string of the molecule is O=C(O)CCc1ccccc1OCCOc1ccc(NS(=O)(=O)c2ccc(F)cc2F)cc1. The van der Waals surface area contributed by atoms with Crippen LogP contribution in [-0.2, 0) is 21.2 Å². The summed E-state index contributed by atoms with van der Waals surface area (Å²) in [6.07, 6.45) is 0.354. The number of halogens is 2. The number of benzene rings is 3. The number of sulfonamides is 1. The number of carboxylic acids is 1. The fraction of sp³-hybridized carbons (Fsp3) is 0.174. The lowest BCUT2D eigenvalue weighted by molar-refractivity contribution is -0.136. The molecule has 0 saturated heterocycles. The fourth-order valence-corrected chi connectivity index (χ4v) is 4.05. The summed E-state index contributed by atoms with van der Waals surface area (Å²) in [5.41, 5.74) is 0.962. The van der Waals surface area contributed by atoms with E-state index in [4.69, 9.17) is 14.6 Å². The lowest BCUT2D eigenvalue weighted by Gasteiger charge is -2.12. The summed E-state index contributed by atoms with van der Waals surface area (Å²) in [6.45, 7) is 0.404. The van der Waals surface area contributed by atoms with Gasteiger partial charge in [-0.05, 0) is 54.4 Å². The molecular weight excluding hydrogens is 456 g/mol. The first-order chi connectivity index (χ1) is 15.7. The zero-order chi connectivity index (χ0) is 23.8. The average molecular weight is 477 g/mol. The minimum absolute atomic E-state index is 0.000772. The van der Waals surface area contributed by atoms with E-state index in [0.717, 1.165) is 17.7 Å². The number of aliphatic carboxylic acids is 1. The van der Waals surface area contributed by atoms with E-state index in [2.05, 4.69) is 4.72 Å². The number of rotatable bonds is 11. The minimum Gasteiger partial charge on any atom is -0.490 e. The highest BCUT2D eigenvalue weighted by Gasteiger charge is 2.19. The first kappa shape index (κ1) is 24.0. The van der Waals surface area contributed by atoms with E-state index in [9.17, 15) is 22.0 Å². The number of carbonyl (C=O) groups is 1. The third-order valence-corrected chi connectivity index (χ3v) is 5.89. The molecule has 0 aliphatic rings. The van der Waals surface area contributed by atoms with Crippen molar-refractivity contribution in [3.05, 3.63) is 83.9 Å². The van der Waals surface area contributed by atoms with E-state index in [-0.39, 0.29) is 25.3 Å². The topological polar surface area (TPSA) is 102 Å². The Balaban J connectivity index is 1.52. The second-order valence-corrected chi connectivity index (χ2v) is 8.55. The van der Waals surface area contributed by atoms with Crippen molar-refractivity contribution in [1.82, 2.24) is 0 Å². The van der Waals surface area contributed by atoms with Gasteiger partial charge in [0.05, 0.1) is 0 Å². The number of carboxylic acid groups (broad SMARTS) is 1. The number of ether oxygens (including phenoxy) is 2. The molecule has 0 aliphatic carbocycles. The molecule has 3 aromatic carbocycles. The maximum absolute atomic E-state index is 13.8. The number of hydrogen-bond acceptors (Lipinski definition) is 5. The number of hydrogen-bond donors (Lipinski definition) is 2. The molecule has 0 saturated carbocycles. The van der Waals surface area contributed by atoms with Gasteiger partial charge in [0, 0.05) is 18.2 Å². The molecule has 7 nitrogen and oxygen atoms in total. The van der Waals surface area contributed by atoms with Gasteiger partial charge >= 0.3 is 5.97 Å². The highest BCUT2D eigenvalue weighted by molar-refractivity contribution is 7.92. The molecule has 0 bridgehead atoms. The van der Waals surface area contributed by atoms with Gasteiger partial charge in [-0.15, -0.1) is 0 Å². The summed E-state index contributed by atoms with van der Waals surface area (Å²) < 4.78 is 64.9. The van der Waals surface area contributed by atoms with Crippen LogP contribution in [0.3, 0.4) is 0 Å². The van der Waals surface area contributed by atoms with Crippen molar-refractivity contribution in [3.8, 4) is 11.5 Å². The average Bonchev–Trinajstić information content (AvgIpc) is 2.76. The van der Waals surface area contributed by atoms with E-state index >= 15 is 0 Å². The summed E-state index contributed by atoms with van der Waals surface area (Å²) in [5, 5.41) is 8.84. The monoisotopic (exact) mass is 477 g/mol. The van der Waals surface area contributed by atoms with E-state index in [0.29, 0.717) is 24.0 Å². The molecule has 0 aliphatic heterocycles. The Kier molecular flexibility index (Phi) is 7.83. The first-order valence-corrected chi connectivity index (χ1v) is 11.4. The molecule has 3 aromatic rings. The third kappa shape index (κ3) is 6.91. The largest absolute Gasteiger partial charge is 0.490 e. The Labute approximate surface area is 189 Å². The second kappa shape index (κ2) is 10.8. The van der Waals surface area contributed by atoms with Crippen molar-refractivity contribution in [1.29, 1.82) is 0 Å². The van der Waals surface area contributed by atoms with Crippen LogP contribution in [0.5, 0.6) is 11.5 Å². The Hall–Kier alpha value is -3.66. The van der Waals surface area contributed by atoms with Gasteiger partial charge < -0.3 is 14.6 Å². The quantitative estimate of drug-likeness (QED) is 0.401. The van der Waals surface area contributed by atoms with Crippen molar-refractivity contribution >= 4 is 21.7 Å². The summed E-state index contributed by atoms with van der Waals surface area (Å²) in [5.74, 6) is -1.91. The van der Waals surface area contributed by atoms with Gasteiger partial charge in [0.25, 0.3) is 10.0 Å². The van der Waals surface area contributed by atoms with E-state index < -0.39 is 32.5 Å². The third-order valence-electron chi connectivity index (χ3n) is 4.48. The van der Waals surface area contributed by atoms with E-state index in [1.807, 2.05) is 0 Å². The minimum atomic E-state index is -4.23. The Bertz CT molecular complexity index is 1220. The van der Waals surface area contributed by atoms with Crippen LogP contribution < -0.4 is 14.2 Å². The molecule has 3 rings (SSSR count). The molecule has 174 valence electrons. The summed E-state index contributed by atoms with van der Waals surface area (Å²) in [4.78, 5) is 10.1. The maximum Gasteiger partial charge on any atom is 0.303 e. The summed E-state index contributed by atoms with van der Waals surface area (Å²) in [6, 6.07) is 15.3. The van der Waals surface area contributed by atoms with Gasteiger partial charge in [-0.25, -0.2) is 17.2 Å². The van der Waals surface area contributed by atoms with Gasteiger partial charge in [0.15, 0.2) is 0 Å². The number of anilines is 1. The fourth-order valence-electron chi connectivity index (χ4n) is 2.93. The van der Waals surface area contributed by atoms with Gasteiger partial charge in [-0.3, -0.25) is 9.52 Å². The van der Waals surface area contributed by atoms with Crippen molar-refractivity contribution in [3.63, 3.8) is 0 Å². The van der Waals surface area contributed by atoms with Crippen LogP contribution in [0.4, 0.5) is 14.5 Å². The van der Waals surface area contributed by atoms with Crippen LogP contribution in [0, 0.1) is 11.6 Å². The van der Waals surface area contributed by atoms with Crippen molar-refractivity contribution in [2.24, 2.45) is 0 Å². The Morgan fingerprint density at radius 3 is 2.33 bits per heavy atom. The zero-order valence-electron chi connectivity index (χ0n) is 17.3. The van der Waals surface area contributed by atoms with Crippen molar-refractivity contribution in [2.45, 2.75) is 17.7 Å². The highest BCUT2D eigenvalue weighted by atomic mass is 32.2. The normalized spacial score (nSPS) is 11.1. The standard InChI is InChI=1S/C23H21F2NO6S/c24-17-6-11-22(20(25)15-17)33(29,30)26-18-7-9-19(10-8-18)31-13-14-32-21-4-2-1-3-16(21)5-12-23(27)28/h1-4,6-11,15,26H,5,12-14H2,(H,27,28). The molecule has 0 unspecified atom stereocenters. The highest BCUT2D eigenvalue weighted by Crippen LogP contribution is 2.22. The van der Waals surface area contributed by atoms with Gasteiger partial charge in [0.2, 0.25) is 0 Å². The predicted molar refractivity (Wildman–Crippen MR) is 117 cm³/mol. The van der Waals surface area contributed by atoms with Crippen LogP contribution in [-0.4, -0.2) is 32.7 Å². The van der Waals surface area contributed by atoms with Crippen LogP contribution in [0.1, 0.15) is 12.0 Å². The number of para-hydroxylation sites is 1. The molecule has 0 spiro atoms. The molecule has 0 atom stereocenters. The molecule has 0 radical (unpaired) electrons. The molecule has 0 fully saturated rings. The molecule has 2 N–H and O–H groups in total. The Morgan fingerprint density at radius 2 is 1.64 bits per heavy atom. The predicted octanol–water partition coefficient (Wildman–Crippen LogP) is 4.24. The molecule has 10 heteroatoms. The van der Waals surface area contributed by atoms with Crippen LogP contribution in [0.15, 0.2) is 71.6 Å². The molecule has 0 aromatic heterocycles. The first-order valence-electron chi connectivity index (χ1n) is 9.88. The van der Waals surface area contributed by atoms with E-state index in [1.165, 1.54) is 24.3 Å². The smallest absolute Gasteiger partial charge is 0.303 e. The van der Waals surface area contributed by atoms with Crippen LogP contribution in [0.2, 0.25) is 0 Å². The zero-order valence-corrected chi connectivity index (χ0v) is 18.1. The Morgan fingerprint density at radius 1 is 0.939 bits per heavy atom. The summed E-state index contributed by atoms with van der Waals surface area (Å²) in [7, 11) is -4.23. The van der Waals surface area contributed by atoms with Gasteiger partial charge in [-0.1, -0.05) is 18.2 Å². The van der Waals surface area contributed by atoms with Crippen LogP contribution >= 0.6 is 0 Å². The molecular formula is C23H21F2NO6S. The molecule has 0 heterocycles. The molecule has 33 heavy (non-hydrogen) atoms. The molecule has 0 amide bonds. The van der Waals surface area contributed by atoms with Gasteiger partial charge in [-0.2, -0.15) is 0 Å². The lowest BCUT2D eigenvalue weighted by Crippen LogP contribution is -2.14. The van der Waals surface area contributed by atoms with E-state index in [1.54, 1.807) is 24.3 Å². The maximum atomic E-state index is 13.8. The second-order valence-electron chi connectivity index (χ2n) is 6.90. The number of aryl methyl sites for hydroxylation is 1. The number of nitrogens with one attached hydrogen (secondary N) is 1. The van der Waals surface area contributed by atoms with Gasteiger partial charge in [0.1, 0.15) is 41.2 Å². The van der Waals surface area contributed by atoms with Crippen molar-refractivity contribution in [2.75, 3.05) is 17.9 Å². The van der Waals surface area contributed by atoms with Crippen molar-refractivity contribution < 1.29 is 36.6 Å². The van der Waals surface area contributed by atoms with Crippen LogP contribution in [0.25, 0.3) is 0 Å². The summed E-state index contributed by atoms with van der Waals surface area (Å²) >= 11 is 0.